The fourth-order valence-corrected chi connectivity index (χ4v) is 2.59. The van der Waals surface area contributed by atoms with E-state index in [1.54, 1.807) is 0 Å². The molecule has 0 spiro atoms. The van der Waals surface area contributed by atoms with Crippen molar-refractivity contribution in [3.63, 3.8) is 0 Å². The van der Waals surface area contributed by atoms with Gasteiger partial charge in [-0.15, -0.1) is 0 Å². The Morgan fingerprint density at radius 3 is 2.08 bits per heavy atom. The lowest BCUT2D eigenvalue weighted by Gasteiger charge is -2.18. The first kappa shape index (κ1) is 18.5. The highest BCUT2D eigenvalue weighted by Gasteiger charge is 2.25. The summed E-state index contributed by atoms with van der Waals surface area (Å²) in [5.41, 5.74) is 6.92. The molecule has 2 amide bonds. The predicted octanol–water partition coefficient (Wildman–Crippen LogP) is 2.55. The number of nitrogens with one attached hydrogen (secondary N) is 1. The lowest BCUT2D eigenvalue weighted by molar-refractivity contribution is -0.119. The summed E-state index contributed by atoms with van der Waals surface area (Å²) in [6.07, 6.45) is 0.0734. The maximum atomic E-state index is 13.7. The fourth-order valence-electron chi connectivity index (χ4n) is 2.59. The third-order valence-electron chi connectivity index (χ3n) is 3.94. The van der Waals surface area contributed by atoms with Crippen LogP contribution >= 0.6 is 0 Å². The molecule has 132 valence electrons. The van der Waals surface area contributed by atoms with Crippen molar-refractivity contribution < 1.29 is 22.8 Å². The highest BCUT2D eigenvalue weighted by atomic mass is 19.1. The molecule has 0 aliphatic heterocycles. The molecule has 4 nitrogen and oxygen atoms in total. The van der Waals surface area contributed by atoms with E-state index in [2.05, 4.69) is 5.32 Å². The average molecular weight is 350 g/mol. The first-order chi connectivity index (χ1) is 11.7. The van der Waals surface area contributed by atoms with Crippen molar-refractivity contribution in [2.75, 3.05) is 0 Å². The number of aryl methyl sites for hydroxylation is 2. The second kappa shape index (κ2) is 7.38. The summed E-state index contributed by atoms with van der Waals surface area (Å²) in [5, 5.41) is 2.22. The van der Waals surface area contributed by atoms with Gasteiger partial charge in [-0.05, 0) is 30.5 Å². The summed E-state index contributed by atoms with van der Waals surface area (Å²) in [5.74, 6) is -5.88. The van der Waals surface area contributed by atoms with E-state index in [1.165, 1.54) is 0 Å². The summed E-state index contributed by atoms with van der Waals surface area (Å²) in [4.78, 5) is 23.8. The fraction of sp³-hybridized carbons (Fsp3) is 0.222. The number of benzene rings is 2. The normalized spacial score (nSPS) is 11.9. The van der Waals surface area contributed by atoms with Gasteiger partial charge in [0.1, 0.15) is 29.1 Å². The molecule has 25 heavy (non-hydrogen) atoms. The number of halogens is 3. The van der Waals surface area contributed by atoms with Crippen LogP contribution < -0.4 is 11.1 Å². The number of carbonyl (C=O) groups is 2. The van der Waals surface area contributed by atoms with Crippen LogP contribution in [0.4, 0.5) is 13.2 Å². The van der Waals surface area contributed by atoms with E-state index >= 15 is 0 Å². The molecule has 7 heteroatoms. The van der Waals surface area contributed by atoms with Gasteiger partial charge in [0.15, 0.2) is 0 Å². The molecule has 0 saturated carbocycles. The van der Waals surface area contributed by atoms with E-state index in [4.69, 9.17) is 5.73 Å². The van der Waals surface area contributed by atoms with Gasteiger partial charge in [-0.1, -0.05) is 18.2 Å². The third kappa shape index (κ3) is 4.17. The van der Waals surface area contributed by atoms with Gasteiger partial charge >= 0.3 is 0 Å². The second-order valence-corrected chi connectivity index (χ2v) is 5.75. The number of nitrogens with two attached hydrogens (primary N) is 1. The van der Waals surface area contributed by atoms with Crippen LogP contribution in [0.5, 0.6) is 0 Å². The second-order valence-electron chi connectivity index (χ2n) is 5.75. The summed E-state index contributed by atoms with van der Waals surface area (Å²) in [7, 11) is 0. The number of hydrogen-bond acceptors (Lipinski definition) is 2. The number of rotatable bonds is 5. The molecule has 2 rings (SSSR count). The average Bonchev–Trinajstić information content (AvgIpc) is 2.48. The van der Waals surface area contributed by atoms with Crippen LogP contribution in [0.2, 0.25) is 0 Å². The zero-order chi connectivity index (χ0) is 18.7. The minimum Gasteiger partial charge on any atom is -0.368 e. The Balaban J connectivity index is 2.28. The van der Waals surface area contributed by atoms with E-state index in [0.29, 0.717) is 12.1 Å². The van der Waals surface area contributed by atoms with E-state index in [9.17, 15) is 22.8 Å². The Labute approximate surface area is 142 Å². The van der Waals surface area contributed by atoms with Crippen LogP contribution in [0.15, 0.2) is 30.3 Å². The molecule has 3 N–H and O–H groups in total. The van der Waals surface area contributed by atoms with Gasteiger partial charge < -0.3 is 11.1 Å². The Bertz CT molecular complexity index is 794. The van der Waals surface area contributed by atoms with Crippen molar-refractivity contribution in [3.8, 4) is 0 Å². The number of amides is 2. The number of carbonyl (C=O) groups excluding carboxylic acids is 2. The van der Waals surface area contributed by atoms with Crippen molar-refractivity contribution in [1.82, 2.24) is 5.32 Å². The molecule has 0 fully saturated rings. The van der Waals surface area contributed by atoms with Gasteiger partial charge in [0.05, 0.1) is 0 Å². The minimum absolute atomic E-state index is 0.0734. The van der Waals surface area contributed by atoms with E-state index in [1.807, 2.05) is 32.0 Å². The van der Waals surface area contributed by atoms with Crippen LogP contribution in [0.25, 0.3) is 0 Å². The molecule has 0 aliphatic rings. The quantitative estimate of drug-likeness (QED) is 0.870. The van der Waals surface area contributed by atoms with Crippen LogP contribution in [0.3, 0.4) is 0 Å². The van der Waals surface area contributed by atoms with Crippen molar-refractivity contribution in [3.05, 3.63) is 70.0 Å². The van der Waals surface area contributed by atoms with Crippen LogP contribution in [-0.4, -0.2) is 17.9 Å². The Hall–Kier alpha value is -2.83. The zero-order valence-electron chi connectivity index (χ0n) is 13.7. The topological polar surface area (TPSA) is 72.2 Å². The minimum atomic E-state index is -1.36. The standard InChI is InChI=1S/C18H17F3N2O2/c1-9-4-3-5-10(2)12(9)8-15(17(22)24)23-18(25)16-13(20)6-11(19)7-14(16)21/h3-7,15H,8H2,1-2H3,(H2,22,24)(H,23,25)/t15-/m1/s1. The van der Waals surface area contributed by atoms with Crippen LogP contribution in [0.1, 0.15) is 27.0 Å². The SMILES string of the molecule is Cc1cccc(C)c1C[C@@H](NC(=O)c1c(F)cc(F)cc1F)C(N)=O. The van der Waals surface area contributed by atoms with Crippen LogP contribution in [-0.2, 0) is 11.2 Å². The monoisotopic (exact) mass is 350 g/mol. The Kier molecular flexibility index (Phi) is 5.46. The van der Waals surface area contributed by atoms with E-state index in [0.717, 1.165) is 16.7 Å². The maximum Gasteiger partial charge on any atom is 0.257 e. The first-order valence-corrected chi connectivity index (χ1v) is 7.50. The summed E-state index contributed by atoms with van der Waals surface area (Å²) in [6, 6.07) is 5.13. The highest BCUT2D eigenvalue weighted by molar-refractivity contribution is 5.97. The summed E-state index contributed by atoms with van der Waals surface area (Å²) >= 11 is 0. The van der Waals surface area contributed by atoms with Gasteiger partial charge in [0, 0.05) is 18.6 Å². The molecular weight excluding hydrogens is 333 g/mol. The van der Waals surface area contributed by atoms with Crippen molar-refractivity contribution in [2.24, 2.45) is 5.73 Å². The molecule has 2 aromatic carbocycles. The van der Waals surface area contributed by atoms with Crippen molar-refractivity contribution in [2.45, 2.75) is 26.3 Å². The van der Waals surface area contributed by atoms with Gasteiger partial charge in [0.2, 0.25) is 5.91 Å². The number of primary amides is 1. The molecular formula is C18H17F3N2O2. The van der Waals surface area contributed by atoms with Gasteiger partial charge in [-0.2, -0.15) is 0 Å². The van der Waals surface area contributed by atoms with Gasteiger partial charge in [0.25, 0.3) is 5.91 Å². The van der Waals surface area contributed by atoms with Gasteiger partial charge in [-0.25, -0.2) is 13.2 Å². The maximum absolute atomic E-state index is 13.7. The molecule has 0 unspecified atom stereocenters. The highest BCUT2D eigenvalue weighted by Crippen LogP contribution is 2.17. The van der Waals surface area contributed by atoms with Gasteiger partial charge in [-0.3, -0.25) is 9.59 Å². The molecule has 2 aromatic rings. The molecule has 0 aliphatic carbocycles. The Morgan fingerprint density at radius 1 is 1.08 bits per heavy atom. The summed E-state index contributed by atoms with van der Waals surface area (Å²) in [6.45, 7) is 3.67. The smallest absolute Gasteiger partial charge is 0.257 e. The largest absolute Gasteiger partial charge is 0.368 e. The predicted molar refractivity (Wildman–Crippen MR) is 86.4 cm³/mol. The van der Waals surface area contributed by atoms with Crippen molar-refractivity contribution in [1.29, 1.82) is 0 Å². The number of hydrogen-bond donors (Lipinski definition) is 2. The lowest BCUT2D eigenvalue weighted by atomic mass is 9.96. The molecule has 1 atom stereocenters. The molecule has 0 saturated heterocycles. The molecule has 0 bridgehead atoms. The van der Waals surface area contributed by atoms with Crippen molar-refractivity contribution >= 4 is 11.8 Å². The van der Waals surface area contributed by atoms with E-state index in [-0.39, 0.29) is 6.42 Å². The molecule has 0 aromatic heterocycles. The Morgan fingerprint density at radius 2 is 1.60 bits per heavy atom. The van der Waals surface area contributed by atoms with E-state index < -0.39 is 40.9 Å². The third-order valence-corrected chi connectivity index (χ3v) is 3.94. The zero-order valence-corrected chi connectivity index (χ0v) is 13.7. The first-order valence-electron chi connectivity index (χ1n) is 7.50. The van der Waals surface area contributed by atoms with Crippen LogP contribution in [0, 0.1) is 31.3 Å². The summed E-state index contributed by atoms with van der Waals surface area (Å²) < 4.78 is 40.4. The molecule has 0 radical (unpaired) electrons. The lowest BCUT2D eigenvalue weighted by Crippen LogP contribution is -2.46. The molecule has 0 heterocycles.